The number of carbonyl (C=O) groups excluding carboxylic acids is 1. The molecule has 312 valence electrons. The fraction of sp³-hybridized carbons (Fsp3) is 0.291. The van der Waals surface area contributed by atoms with Gasteiger partial charge in [0.25, 0.3) is 0 Å². The number of allylic oxidation sites excluding steroid dienone is 2. The van der Waals surface area contributed by atoms with Gasteiger partial charge in [0, 0.05) is 86.6 Å². The maximum atomic E-state index is 17.0. The van der Waals surface area contributed by atoms with E-state index in [-0.39, 0.29) is 17.9 Å². The van der Waals surface area contributed by atoms with Gasteiger partial charge in [-0.3, -0.25) is 14.8 Å². The molecule has 7 nitrogen and oxygen atoms in total. The fourth-order valence-electron chi connectivity index (χ4n) is 10.6. The van der Waals surface area contributed by atoms with Gasteiger partial charge in [-0.05, 0) is 71.2 Å². The molecule has 62 heavy (non-hydrogen) atoms. The molecular weight excluding hydrogens is 761 g/mol. The number of anilines is 2. The number of pyridine rings is 2. The van der Waals surface area contributed by atoms with E-state index in [0.29, 0.717) is 0 Å². The third-order valence-corrected chi connectivity index (χ3v) is 13.5. The second kappa shape index (κ2) is 17.5. The number of carbonyl (C=O) groups is 1. The number of hydrogen-bond acceptors (Lipinski definition) is 7. The minimum atomic E-state index is -0.185. The van der Waals surface area contributed by atoms with Gasteiger partial charge in [0.1, 0.15) is 0 Å². The van der Waals surface area contributed by atoms with Gasteiger partial charge < -0.3 is 19.6 Å². The number of Topliss-reactive ketones (excluding diaryl/α,β-unsaturated/α-hetero) is 1. The van der Waals surface area contributed by atoms with Crippen LogP contribution in [0.25, 0.3) is 11.1 Å². The second-order valence-corrected chi connectivity index (χ2v) is 17.2. The van der Waals surface area contributed by atoms with E-state index >= 15 is 4.79 Å². The summed E-state index contributed by atoms with van der Waals surface area (Å²) in [5.74, 6) is 0.0448. The Morgan fingerprint density at radius 2 is 0.935 bits per heavy atom. The predicted molar refractivity (Wildman–Crippen MR) is 251 cm³/mol. The molecule has 4 aliphatic rings. The monoisotopic (exact) mass is 816 g/mol. The van der Waals surface area contributed by atoms with Crippen molar-refractivity contribution < 1.29 is 4.79 Å². The molecule has 4 aliphatic heterocycles. The molecule has 4 aromatic carbocycles. The zero-order valence-corrected chi connectivity index (χ0v) is 36.1. The molecule has 7 heteroatoms. The number of unbranched alkanes of at least 4 members (excludes halogenated alkanes) is 2. The van der Waals surface area contributed by atoms with Crippen molar-refractivity contribution in [1.82, 2.24) is 19.8 Å². The molecule has 6 aromatic rings. The highest BCUT2D eigenvalue weighted by molar-refractivity contribution is 6.44. The number of hydrogen-bond donors (Lipinski definition) is 0. The molecule has 10 rings (SSSR count). The minimum absolute atomic E-state index is 0.0448. The quantitative estimate of drug-likeness (QED) is 0.122. The van der Waals surface area contributed by atoms with E-state index in [2.05, 4.69) is 155 Å². The van der Waals surface area contributed by atoms with Crippen LogP contribution < -0.4 is 9.80 Å². The highest BCUT2D eigenvalue weighted by Gasteiger charge is 2.45. The Hall–Kier alpha value is -6.47. The molecule has 2 aromatic heterocycles. The Morgan fingerprint density at radius 3 is 1.35 bits per heavy atom. The lowest BCUT2D eigenvalue weighted by Crippen LogP contribution is -2.45. The zero-order valence-electron chi connectivity index (χ0n) is 36.1. The van der Waals surface area contributed by atoms with Crippen LogP contribution >= 0.6 is 0 Å². The van der Waals surface area contributed by atoms with Gasteiger partial charge in [-0.1, -0.05) is 136 Å². The Balaban J connectivity index is 1.28. The van der Waals surface area contributed by atoms with Gasteiger partial charge in [0.2, 0.25) is 0 Å². The van der Waals surface area contributed by atoms with Gasteiger partial charge in [-0.25, -0.2) is 0 Å². The lowest BCUT2D eigenvalue weighted by molar-refractivity contribution is -0.109. The lowest BCUT2D eigenvalue weighted by Gasteiger charge is -2.48. The summed E-state index contributed by atoms with van der Waals surface area (Å²) in [6.07, 6.45) is 13.7. The SMILES string of the molecule is CCCCN1c2ccncc2C(C(=O)C2=C(N3CCc4ccccc4C3)C(c3ccccc3)N(CCCC)c3ccncc32)=C(N2CCc3ccccc3C2)C1c1ccccc1. The largest absolute Gasteiger partial charge is 0.368 e. The van der Waals surface area contributed by atoms with Gasteiger partial charge in [-0.2, -0.15) is 0 Å². The molecule has 0 aliphatic carbocycles. The van der Waals surface area contributed by atoms with E-state index in [4.69, 9.17) is 9.97 Å². The molecular formula is C55H56N6O. The fourth-order valence-corrected chi connectivity index (χ4v) is 10.6. The van der Waals surface area contributed by atoms with E-state index in [9.17, 15) is 0 Å². The average molecular weight is 817 g/mol. The van der Waals surface area contributed by atoms with Crippen molar-refractivity contribution in [3.05, 3.63) is 202 Å². The summed E-state index contributed by atoms with van der Waals surface area (Å²) >= 11 is 0. The number of ketones is 1. The van der Waals surface area contributed by atoms with Crippen molar-refractivity contribution in [2.75, 3.05) is 36.0 Å². The molecule has 0 saturated carbocycles. The first kappa shape index (κ1) is 39.7. The second-order valence-electron chi connectivity index (χ2n) is 17.2. The summed E-state index contributed by atoms with van der Waals surface area (Å²) in [4.78, 5) is 36.8. The van der Waals surface area contributed by atoms with E-state index < -0.39 is 0 Å². The lowest BCUT2D eigenvalue weighted by atomic mass is 9.79. The van der Waals surface area contributed by atoms with Crippen LogP contribution in [0.15, 0.2) is 158 Å². The van der Waals surface area contributed by atoms with Crippen LogP contribution in [0, 0.1) is 0 Å². The summed E-state index contributed by atoms with van der Waals surface area (Å²) < 4.78 is 0. The summed E-state index contributed by atoms with van der Waals surface area (Å²) in [6, 6.07) is 43.4. The predicted octanol–water partition coefficient (Wildman–Crippen LogP) is 11.0. The molecule has 0 radical (unpaired) electrons. The van der Waals surface area contributed by atoms with E-state index in [0.717, 1.165) is 123 Å². The third kappa shape index (κ3) is 7.17. The molecule has 0 fully saturated rings. The van der Waals surface area contributed by atoms with Crippen molar-refractivity contribution in [1.29, 1.82) is 0 Å². The van der Waals surface area contributed by atoms with Crippen LogP contribution in [0.2, 0.25) is 0 Å². The number of fused-ring (bicyclic) bond motifs is 4. The Kier molecular flexibility index (Phi) is 11.2. The smallest absolute Gasteiger partial charge is 0.198 e. The summed E-state index contributed by atoms with van der Waals surface area (Å²) in [5.41, 5.74) is 15.3. The molecule has 2 atom stereocenters. The Labute approximate surface area is 367 Å². The Bertz CT molecular complexity index is 2460. The van der Waals surface area contributed by atoms with Crippen LogP contribution in [0.4, 0.5) is 11.4 Å². The molecule has 6 heterocycles. The molecule has 0 saturated heterocycles. The highest BCUT2D eigenvalue weighted by atomic mass is 16.1. The van der Waals surface area contributed by atoms with Crippen LogP contribution in [0.1, 0.15) is 96.1 Å². The van der Waals surface area contributed by atoms with Gasteiger partial charge in [0.05, 0.1) is 34.6 Å². The Morgan fingerprint density at radius 1 is 0.532 bits per heavy atom. The first-order chi connectivity index (χ1) is 30.6. The normalized spacial score (nSPS) is 18.3. The van der Waals surface area contributed by atoms with Gasteiger partial charge >= 0.3 is 0 Å². The number of rotatable bonds is 12. The van der Waals surface area contributed by atoms with Crippen molar-refractivity contribution >= 4 is 28.3 Å². The first-order valence-corrected chi connectivity index (χ1v) is 22.8. The molecule has 0 bridgehead atoms. The standard InChI is InChI=1S/C55H56N6O/c1-3-5-31-60-47-25-29-56-35-45(47)49(53(51(60)41-19-9-7-10-20-41)58-33-27-39-17-13-15-23-43(39)37-58)55(62)50-46-36-57-30-26-48(46)61(32-6-4-2)52(42-21-11-8-12-22-42)54(50)59-34-28-40-18-14-16-24-44(40)38-59/h7-26,29-30,35-36,51-52H,3-6,27-28,31-34,37-38H2,1-2H3. The number of nitrogens with zero attached hydrogens (tertiary/aromatic N) is 6. The molecule has 0 spiro atoms. The number of aromatic nitrogens is 2. The zero-order chi connectivity index (χ0) is 42.0. The van der Waals surface area contributed by atoms with E-state index in [1.807, 2.05) is 24.8 Å². The maximum Gasteiger partial charge on any atom is 0.198 e. The average Bonchev–Trinajstić information content (AvgIpc) is 3.34. The summed E-state index contributed by atoms with van der Waals surface area (Å²) in [7, 11) is 0. The topological polar surface area (TPSA) is 55.8 Å². The van der Waals surface area contributed by atoms with Gasteiger partial charge in [0.15, 0.2) is 5.78 Å². The first-order valence-electron chi connectivity index (χ1n) is 22.8. The van der Waals surface area contributed by atoms with Crippen molar-refractivity contribution in [2.24, 2.45) is 0 Å². The third-order valence-electron chi connectivity index (χ3n) is 13.5. The van der Waals surface area contributed by atoms with Crippen LogP contribution in [0.3, 0.4) is 0 Å². The van der Waals surface area contributed by atoms with E-state index in [1.54, 1.807) is 0 Å². The molecule has 0 amide bonds. The molecule has 2 unspecified atom stereocenters. The maximum absolute atomic E-state index is 17.0. The minimum Gasteiger partial charge on any atom is -0.368 e. The molecule has 0 N–H and O–H groups in total. The van der Waals surface area contributed by atoms with Crippen LogP contribution in [-0.4, -0.2) is 51.7 Å². The van der Waals surface area contributed by atoms with Crippen molar-refractivity contribution in [3.8, 4) is 0 Å². The summed E-state index contributed by atoms with van der Waals surface area (Å²) in [5, 5.41) is 0. The number of benzene rings is 4. The summed E-state index contributed by atoms with van der Waals surface area (Å²) in [6.45, 7) is 9.33. The van der Waals surface area contributed by atoms with Crippen molar-refractivity contribution in [2.45, 2.75) is 77.5 Å². The van der Waals surface area contributed by atoms with Crippen LogP contribution in [0.5, 0.6) is 0 Å². The van der Waals surface area contributed by atoms with Crippen molar-refractivity contribution in [3.63, 3.8) is 0 Å². The highest BCUT2D eigenvalue weighted by Crippen LogP contribution is 2.53. The van der Waals surface area contributed by atoms with Crippen LogP contribution in [-0.2, 0) is 30.7 Å². The van der Waals surface area contributed by atoms with E-state index in [1.165, 1.54) is 33.4 Å². The van der Waals surface area contributed by atoms with Gasteiger partial charge in [-0.15, -0.1) is 0 Å².